The minimum Gasteiger partial charge on any atom is -0.323 e. The van der Waals surface area contributed by atoms with Crippen LogP contribution in [0.4, 0.5) is 5.69 Å². The van der Waals surface area contributed by atoms with Crippen LogP contribution in [0.15, 0.2) is 48.9 Å². The van der Waals surface area contributed by atoms with Crippen LogP contribution in [0.1, 0.15) is 12.8 Å². The third-order valence-corrected chi connectivity index (χ3v) is 7.25. The second-order valence-electron chi connectivity index (χ2n) is 6.98. The van der Waals surface area contributed by atoms with E-state index in [2.05, 4.69) is 20.6 Å². The first-order chi connectivity index (χ1) is 13.4. The second-order valence-corrected chi connectivity index (χ2v) is 9.30. The zero-order valence-electron chi connectivity index (χ0n) is 16.2. The summed E-state index contributed by atoms with van der Waals surface area (Å²) in [5.41, 5.74) is 2.25. The topological polar surface area (TPSA) is 106 Å². The highest BCUT2D eigenvalue weighted by atomic mass is 35.5. The Labute approximate surface area is 187 Å². The lowest BCUT2D eigenvalue weighted by atomic mass is 9.96. The molecule has 1 aromatic carbocycles. The fraction of sp³-hybridized carbons (Fsp3) is 0.316. The van der Waals surface area contributed by atoms with Gasteiger partial charge in [-0.15, -0.1) is 24.8 Å². The summed E-state index contributed by atoms with van der Waals surface area (Å²) in [4.78, 5) is 21.6. The van der Waals surface area contributed by atoms with Crippen molar-refractivity contribution in [3.8, 4) is 5.82 Å². The van der Waals surface area contributed by atoms with E-state index in [1.54, 1.807) is 18.5 Å². The van der Waals surface area contributed by atoms with Crippen molar-refractivity contribution in [3.05, 3.63) is 48.9 Å². The van der Waals surface area contributed by atoms with E-state index in [9.17, 15) is 13.2 Å². The van der Waals surface area contributed by atoms with E-state index in [0.717, 1.165) is 17.3 Å². The number of nitrogens with zero attached hydrogens (tertiary/aromatic N) is 3. The number of rotatable bonds is 4. The first-order valence-corrected chi connectivity index (χ1v) is 10.9. The standard InChI is InChI=1S/C19H21N5O3S.2ClH/c1-28(26,27)19(8-10-20-11-9-19)18(25)23-14-6-7-17(21-12-14)24-13-22-15-4-2-3-5-16(15)24;;/h2-7,12-13,20H,8-11H2,1H3,(H,23,25);2*1H. The summed E-state index contributed by atoms with van der Waals surface area (Å²) in [6.45, 7) is 0.983. The van der Waals surface area contributed by atoms with Gasteiger partial charge in [0.15, 0.2) is 14.6 Å². The molecule has 4 rings (SSSR count). The number of anilines is 1. The number of para-hydroxylation sites is 2. The third kappa shape index (κ3) is 4.29. The Morgan fingerprint density at radius 1 is 1.10 bits per heavy atom. The number of aromatic nitrogens is 3. The zero-order chi connectivity index (χ0) is 19.8. The molecule has 3 aromatic rings. The molecule has 2 aromatic heterocycles. The van der Waals surface area contributed by atoms with Crippen LogP contribution in [-0.2, 0) is 14.6 Å². The van der Waals surface area contributed by atoms with Crippen LogP contribution in [0.3, 0.4) is 0 Å². The number of halogens is 2. The van der Waals surface area contributed by atoms with E-state index in [1.807, 2.05) is 28.8 Å². The molecule has 0 saturated carbocycles. The summed E-state index contributed by atoms with van der Waals surface area (Å²) in [7, 11) is -3.56. The van der Waals surface area contributed by atoms with Gasteiger partial charge in [0.2, 0.25) is 5.91 Å². The number of hydrogen-bond acceptors (Lipinski definition) is 6. The molecular weight excluding hydrogens is 449 g/mol. The Bertz CT molecular complexity index is 1130. The maximum absolute atomic E-state index is 12.9. The van der Waals surface area contributed by atoms with E-state index in [-0.39, 0.29) is 37.7 Å². The summed E-state index contributed by atoms with van der Waals surface area (Å²) in [6, 6.07) is 11.2. The number of piperidine rings is 1. The number of carbonyl (C=O) groups excluding carboxylic acids is 1. The van der Waals surface area contributed by atoms with Gasteiger partial charge >= 0.3 is 0 Å². The summed E-state index contributed by atoms with van der Waals surface area (Å²) < 4.78 is 25.2. The molecule has 162 valence electrons. The molecule has 0 aliphatic carbocycles. The molecule has 0 spiro atoms. The summed E-state index contributed by atoms with van der Waals surface area (Å²) in [5, 5.41) is 5.84. The van der Waals surface area contributed by atoms with Crippen LogP contribution >= 0.6 is 24.8 Å². The molecule has 2 N–H and O–H groups in total. The van der Waals surface area contributed by atoms with Crippen molar-refractivity contribution in [2.45, 2.75) is 17.6 Å². The Balaban J connectivity index is 0.00000160. The summed E-state index contributed by atoms with van der Waals surface area (Å²) in [6.07, 6.45) is 4.86. The number of nitrogens with one attached hydrogen (secondary N) is 2. The summed E-state index contributed by atoms with van der Waals surface area (Å²) >= 11 is 0. The van der Waals surface area contributed by atoms with Crippen molar-refractivity contribution in [1.29, 1.82) is 0 Å². The van der Waals surface area contributed by atoms with Gasteiger partial charge in [0.05, 0.1) is 22.9 Å². The number of hydrogen-bond donors (Lipinski definition) is 2. The van der Waals surface area contributed by atoms with Crippen LogP contribution in [0.5, 0.6) is 0 Å². The Morgan fingerprint density at radius 3 is 2.43 bits per heavy atom. The van der Waals surface area contributed by atoms with Gasteiger partial charge < -0.3 is 10.6 Å². The average molecular weight is 472 g/mol. The number of sulfone groups is 1. The molecule has 0 unspecified atom stereocenters. The van der Waals surface area contributed by atoms with E-state index in [4.69, 9.17) is 0 Å². The van der Waals surface area contributed by atoms with Gasteiger partial charge in [-0.3, -0.25) is 9.36 Å². The van der Waals surface area contributed by atoms with Crippen molar-refractivity contribution < 1.29 is 13.2 Å². The van der Waals surface area contributed by atoms with Crippen molar-refractivity contribution in [2.75, 3.05) is 24.7 Å². The molecule has 11 heteroatoms. The number of imidazole rings is 1. The van der Waals surface area contributed by atoms with Crippen molar-refractivity contribution in [3.63, 3.8) is 0 Å². The number of fused-ring (bicyclic) bond motifs is 1. The van der Waals surface area contributed by atoms with Crippen molar-refractivity contribution >= 4 is 57.3 Å². The number of amides is 1. The fourth-order valence-electron chi connectivity index (χ4n) is 3.59. The van der Waals surface area contributed by atoms with Crippen molar-refractivity contribution in [1.82, 2.24) is 19.9 Å². The second kappa shape index (κ2) is 9.30. The lowest BCUT2D eigenvalue weighted by Gasteiger charge is -2.34. The average Bonchev–Trinajstić information content (AvgIpc) is 3.12. The molecule has 3 heterocycles. The highest BCUT2D eigenvalue weighted by Crippen LogP contribution is 2.29. The maximum Gasteiger partial charge on any atom is 0.245 e. The maximum atomic E-state index is 12.9. The minimum atomic E-state index is -3.56. The molecular formula is C19H23Cl2N5O3S. The molecule has 1 aliphatic heterocycles. The molecule has 0 bridgehead atoms. The van der Waals surface area contributed by atoms with Gasteiger partial charge in [-0.1, -0.05) is 12.1 Å². The normalized spacial score (nSPS) is 15.6. The minimum absolute atomic E-state index is 0. The fourth-order valence-corrected chi connectivity index (χ4v) is 4.92. The first-order valence-electron chi connectivity index (χ1n) is 9.01. The van der Waals surface area contributed by atoms with Crippen LogP contribution < -0.4 is 10.6 Å². The van der Waals surface area contributed by atoms with E-state index < -0.39 is 20.5 Å². The van der Waals surface area contributed by atoms with Crippen LogP contribution in [0.2, 0.25) is 0 Å². The van der Waals surface area contributed by atoms with E-state index >= 15 is 0 Å². The molecule has 0 atom stereocenters. The SMILES string of the molecule is CS(=O)(=O)C1(C(=O)Nc2ccc(-n3cnc4ccccc43)nc2)CCNCC1.Cl.Cl. The highest BCUT2D eigenvalue weighted by molar-refractivity contribution is 7.92. The Kier molecular flexibility index (Phi) is 7.46. The lowest BCUT2D eigenvalue weighted by Crippen LogP contribution is -2.55. The molecule has 8 nitrogen and oxygen atoms in total. The Morgan fingerprint density at radius 2 is 1.80 bits per heavy atom. The molecule has 1 aliphatic rings. The first kappa shape index (κ1) is 24.1. The van der Waals surface area contributed by atoms with Gasteiger partial charge in [-0.05, 0) is 50.2 Å². The zero-order valence-corrected chi connectivity index (χ0v) is 18.7. The van der Waals surface area contributed by atoms with Crippen LogP contribution in [0, 0.1) is 0 Å². The summed E-state index contributed by atoms with van der Waals surface area (Å²) in [5.74, 6) is 0.158. The molecule has 1 fully saturated rings. The lowest BCUT2D eigenvalue weighted by molar-refractivity contribution is -0.119. The molecule has 1 amide bonds. The quantitative estimate of drug-likeness (QED) is 0.604. The Hall–Kier alpha value is -2.20. The molecule has 30 heavy (non-hydrogen) atoms. The predicted molar refractivity (Wildman–Crippen MR) is 122 cm³/mol. The molecule has 1 saturated heterocycles. The van der Waals surface area contributed by atoms with Crippen LogP contribution in [0.25, 0.3) is 16.9 Å². The van der Waals surface area contributed by atoms with Gasteiger partial charge in [0, 0.05) is 6.26 Å². The van der Waals surface area contributed by atoms with Gasteiger partial charge in [-0.25, -0.2) is 18.4 Å². The largest absolute Gasteiger partial charge is 0.323 e. The van der Waals surface area contributed by atoms with Gasteiger partial charge in [0.25, 0.3) is 0 Å². The highest BCUT2D eigenvalue weighted by Gasteiger charge is 2.48. The third-order valence-electron chi connectivity index (χ3n) is 5.24. The van der Waals surface area contributed by atoms with E-state index in [0.29, 0.717) is 24.6 Å². The molecule has 0 radical (unpaired) electrons. The van der Waals surface area contributed by atoms with Crippen molar-refractivity contribution in [2.24, 2.45) is 0 Å². The smallest absolute Gasteiger partial charge is 0.245 e. The van der Waals surface area contributed by atoms with E-state index in [1.165, 1.54) is 6.20 Å². The van der Waals surface area contributed by atoms with Crippen LogP contribution in [-0.4, -0.2) is 53.0 Å². The number of benzene rings is 1. The number of pyridine rings is 1. The van der Waals surface area contributed by atoms with Gasteiger partial charge in [0.1, 0.15) is 12.1 Å². The number of carbonyl (C=O) groups is 1. The monoisotopic (exact) mass is 471 g/mol. The predicted octanol–water partition coefficient (Wildman–Crippen LogP) is 2.37. The van der Waals surface area contributed by atoms with Gasteiger partial charge in [-0.2, -0.15) is 0 Å².